The van der Waals surface area contributed by atoms with Gasteiger partial charge in [0.05, 0.1) is 19.6 Å². The van der Waals surface area contributed by atoms with Crippen LogP contribution in [0.5, 0.6) is 0 Å². The van der Waals surface area contributed by atoms with Gasteiger partial charge in [-0.3, -0.25) is 9.59 Å². The lowest BCUT2D eigenvalue weighted by molar-refractivity contribution is -0.140. The standard InChI is InChI=1S/C18H20N2O3S/c21-16(13-15-7-4-12-24-15)19-17(14-5-2-1-3-6-14)18(22)20-8-10-23-11-9-20/h1-7,12,17H,8-11,13H2,(H,19,21)/t17-/m0/s1. The summed E-state index contributed by atoms with van der Waals surface area (Å²) in [6, 6.07) is 12.6. The fourth-order valence-electron chi connectivity index (χ4n) is 2.68. The molecule has 1 saturated heterocycles. The average molecular weight is 344 g/mol. The Hall–Kier alpha value is -2.18. The van der Waals surface area contributed by atoms with Gasteiger partial charge in [0.15, 0.2) is 0 Å². The van der Waals surface area contributed by atoms with Crippen LogP contribution in [0.25, 0.3) is 0 Å². The maximum absolute atomic E-state index is 12.9. The first-order valence-electron chi connectivity index (χ1n) is 7.97. The maximum atomic E-state index is 12.9. The molecule has 1 aliphatic rings. The van der Waals surface area contributed by atoms with E-state index in [1.807, 2.05) is 47.8 Å². The highest BCUT2D eigenvalue weighted by Crippen LogP contribution is 2.18. The minimum absolute atomic E-state index is 0.0796. The molecule has 3 rings (SSSR count). The van der Waals surface area contributed by atoms with Crippen LogP contribution in [-0.2, 0) is 20.7 Å². The first-order valence-corrected chi connectivity index (χ1v) is 8.85. The molecule has 5 nitrogen and oxygen atoms in total. The minimum atomic E-state index is -0.656. The van der Waals surface area contributed by atoms with Crippen molar-refractivity contribution < 1.29 is 14.3 Å². The van der Waals surface area contributed by atoms with Crippen molar-refractivity contribution in [2.24, 2.45) is 0 Å². The van der Waals surface area contributed by atoms with E-state index in [4.69, 9.17) is 4.74 Å². The van der Waals surface area contributed by atoms with E-state index in [0.29, 0.717) is 26.3 Å². The van der Waals surface area contributed by atoms with E-state index < -0.39 is 6.04 Å². The number of nitrogens with zero attached hydrogens (tertiary/aromatic N) is 1. The van der Waals surface area contributed by atoms with Gasteiger partial charge in [-0.25, -0.2) is 0 Å². The highest BCUT2D eigenvalue weighted by molar-refractivity contribution is 7.10. The number of rotatable bonds is 5. The molecule has 1 aliphatic heterocycles. The van der Waals surface area contributed by atoms with Crippen molar-refractivity contribution in [2.45, 2.75) is 12.5 Å². The van der Waals surface area contributed by atoms with E-state index in [1.165, 1.54) is 11.3 Å². The van der Waals surface area contributed by atoms with Crippen molar-refractivity contribution in [3.05, 3.63) is 58.3 Å². The Morgan fingerprint density at radius 1 is 1.12 bits per heavy atom. The zero-order valence-corrected chi connectivity index (χ0v) is 14.1. The predicted molar refractivity (Wildman–Crippen MR) is 92.7 cm³/mol. The molecule has 1 aromatic carbocycles. The van der Waals surface area contributed by atoms with Crippen molar-refractivity contribution in [1.29, 1.82) is 0 Å². The molecule has 0 bridgehead atoms. The third-order valence-electron chi connectivity index (χ3n) is 3.92. The van der Waals surface area contributed by atoms with Gasteiger partial charge in [0.25, 0.3) is 0 Å². The molecule has 126 valence electrons. The smallest absolute Gasteiger partial charge is 0.249 e. The first kappa shape index (κ1) is 16.7. The zero-order chi connectivity index (χ0) is 16.8. The topological polar surface area (TPSA) is 58.6 Å². The van der Waals surface area contributed by atoms with Crippen molar-refractivity contribution in [3.8, 4) is 0 Å². The summed E-state index contributed by atoms with van der Waals surface area (Å²) in [5, 5.41) is 4.85. The van der Waals surface area contributed by atoms with Crippen LogP contribution in [0.4, 0.5) is 0 Å². The van der Waals surface area contributed by atoms with Gasteiger partial charge < -0.3 is 15.0 Å². The molecule has 1 N–H and O–H groups in total. The molecular weight excluding hydrogens is 324 g/mol. The minimum Gasteiger partial charge on any atom is -0.378 e. The van der Waals surface area contributed by atoms with Crippen molar-refractivity contribution in [2.75, 3.05) is 26.3 Å². The van der Waals surface area contributed by atoms with Crippen molar-refractivity contribution in [1.82, 2.24) is 10.2 Å². The maximum Gasteiger partial charge on any atom is 0.249 e. The van der Waals surface area contributed by atoms with Crippen LogP contribution in [0, 0.1) is 0 Å². The Labute approximate surface area is 145 Å². The SMILES string of the molecule is O=C(Cc1cccs1)N[C@H](C(=O)N1CCOCC1)c1ccccc1. The van der Waals surface area contributed by atoms with Gasteiger partial charge in [-0.15, -0.1) is 11.3 Å². The third-order valence-corrected chi connectivity index (χ3v) is 4.80. The molecule has 0 unspecified atom stereocenters. The van der Waals surface area contributed by atoms with E-state index in [0.717, 1.165) is 10.4 Å². The summed E-state index contributed by atoms with van der Waals surface area (Å²) in [5.74, 6) is -0.225. The van der Waals surface area contributed by atoms with Gasteiger partial charge in [-0.05, 0) is 17.0 Å². The molecule has 1 aromatic heterocycles. The Bertz CT molecular complexity index is 667. The summed E-state index contributed by atoms with van der Waals surface area (Å²) in [6.45, 7) is 2.19. The fraction of sp³-hybridized carbons (Fsp3) is 0.333. The van der Waals surface area contributed by atoms with E-state index >= 15 is 0 Å². The second-order valence-corrected chi connectivity index (χ2v) is 6.64. The highest BCUT2D eigenvalue weighted by atomic mass is 32.1. The fourth-order valence-corrected chi connectivity index (χ4v) is 3.39. The Balaban J connectivity index is 1.74. The van der Waals surface area contributed by atoms with Crippen LogP contribution < -0.4 is 5.32 Å². The number of thiophene rings is 1. The summed E-state index contributed by atoms with van der Waals surface area (Å²) < 4.78 is 5.31. The Morgan fingerprint density at radius 3 is 2.54 bits per heavy atom. The van der Waals surface area contributed by atoms with Gasteiger partial charge in [-0.1, -0.05) is 36.4 Å². The van der Waals surface area contributed by atoms with E-state index in [9.17, 15) is 9.59 Å². The number of ether oxygens (including phenoxy) is 1. The second-order valence-electron chi connectivity index (χ2n) is 5.61. The molecule has 1 fully saturated rings. The number of nitrogens with one attached hydrogen (secondary N) is 1. The molecule has 0 saturated carbocycles. The Kier molecular flexibility index (Phi) is 5.61. The summed E-state index contributed by atoms with van der Waals surface area (Å²) in [4.78, 5) is 28.0. The van der Waals surface area contributed by atoms with E-state index in [1.54, 1.807) is 4.90 Å². The molecule has 2 heterocycles. The van der Waals surface area contributed by atoms with E-state index in [-0.39, 0.29) is 18.2 Å². The number of carbonyl (C=O) groups is 2. The van der Waals surface area contributed by atoms with Gasteiger partial charge in [-0.2, -0.15) is 0 Å². The van der Waals surface area contributed by atoms with Gasteiger partial charge in [0, 0.05) is 18.0 Å². The molecule has 2 amide bonds. The van der Waals surface area contributed by atoms with Crippen LogP contribution in [-0.4, -0.2) is 43.0 Å². The van der Waals surface area contributed by atoms with Crippen molar-refractivity contribution in [3.63, 3.8) is 0 Å². The molecule has 1 atom stereocenters. The van der Waals surface area contributed by atoms with Gasteiger partial charge in [0.2, 0.25) is 11.8 Å². The van der Waals surface area contributed by atoms with Crippen LogP contribution in [0.2, 0.25) is 0 Å². The lowest BCUT2D eigenvalue weighted by atomic mass is 10.0. The number of amides is 2. The number of hydrogen-bond donors (Lipinski definition) is 1. The molecule has 0 spiro atoms. The van der Waals surface area contributed by atoms with Gasteiger partial charge >= 0.3 is 0 Å². The molecule has 24 heavy (non-hydrogen) atoms. The molecule has 0 aliphatic carbocycles. The van der Waals surface area contributed by atoms with Crippen LogP contribution in [0.15, 0.2) is 47.8 Å². The lowest BCUT2D eigenvalue weighted by Gasteiger charge is -2.31. The summed E-state index contributed by atoms with van der Waals surface area (Å²) in [5.41, 5.74) is 0.800. The van der Waals surface area contributed by atoms with Crippen LogP contribution in [0.1, 0.15) is 16.5 Å². The van der Waals surface area contributed by atoms with Crippen molar-refractivity contribution >= 4 is 23.2 Å². The molecule has 6 heteroatoms. The normalized spacial score (nSPS) is 15.8. The largest absolute Gasteiger partial charge is 0.378 e. The number of morpholine rings is 1. The Morgan fingerprint density at radius 2 is 1.88 bits per heavy atom. The molecule has 2 aromatic rings. The van der Waals surface area contributed by atoms with Crippen LogP contribution >= 0.6 is 11.3 Å². The summed E-state index contributed by atoms with van der Waals surface area (Å²) >= 11 is 1.54. The number of benzene rings is 1. The molecule has 0 radical (unpaired) electrons. The number of carbonyl (C=O) groups excluding carboxylic acids is 2. The first-order chi connectivity index (χ1) is 11.7. The third kappa shape index (κ3) is 4.21. The predicted octanol–water partition coefficient (Wildman–Crippen LogP) is 2.01. The van der Waals surface area contributed by atoms with Crippen LogP contribution in [0.3, 0.4) is 0 Å². The monoisotopic (exact) mass is 344 g/mol. The van der Waals surface area contributed by atoms with E-state index in [2.05, 4.69) is 5.32 Å². The lowest BCUT2D eigenvalue weighted by Crippen LogP contribution is -2.47. The number of hydrogen-bond acceptors (Lipinski definition) is 4. The second kappa shape index (κ2) is 8.08. The average Bonchev–Trinajstić information content (AvgIpc) is 3.13. The highest BCUT2D eigenvalue weighted by Gasteiger charge is 2.28. The van der Waals surface area contributed by atoms with Gasteiger partial charge in [0.1, 0.15) is 6.04 Å². The quantitative estimate of drug-likeness (QED) is 0.903. The summed E-state index contributed by atoms with van der Waals surface area (Å²) in [7, 11) is 0. The zero-order valence-electron chi connectivity index (χ0n) is 13.3. The summed E-state index contributed by atoms with van der Waals surface area (Å²) in [6.07, 6.45) is 0.289. The molecular formula is C18H20N2O3S.